The van der Waals surface area contributed by atoms with E-state index in [1.807, 2.05) is 6.07 Å². The van der Waals surface area contributed by atoms with Crippen molar-refractivity contribution in [2.45, 2.75) is 49.7 Å². The van der Waals surface area contributed by atoms with Gasteiger partial charge in [0, 0.05) is 24.0 Å². The largest absolute Gasteiger partial charge is 0.386 e. The maximum Gasteiger partial charge on any atom is 0.274 e. The van der Waals surface area contributed by atoms with Crippen LogP contribution >= 0.6 is 0 Å². The third-order valence-electron chi connectivity index (χ3n) is 6.58. The van der Waals surface area contributed by atoms with E-state index in [1.54, 1.807) is 33.8 Å². The molecule has 3 atom stereocenters. The molecule has 33 heavy (non-hydrogen) atoms. The monoisotopic (exact) mass is 468 g/mol. The quantitative estimate of drug-likeness (QED) is 0.713. The summed E-state index contributed by atoms with van der Waals surface area (Å²) in [6.07, 6.45) is 1.82. The van der Waals surface area contributed by atoms with Crippen LogP contribution in [-0.4, -0.2) is 37.5 Å². The third kappa shape index (κ3) is 3.38. The predicted octanol–water partition coefficient (Wildman–Crippen LogP) is 3.26. The van der Waals surface area contributed by atoms with Crippen molar-refractivity contribution < 1.29 is 13.4 Å². The van der Waals surface area contributed by atoms with Crippen molar-refractivity contribution in [3.63, 3.8) is 0 Å². The number of aromatic nitrogens is 1. The van der Waals surface area contributed by atoms with Crippen LogP contribution in [0.3, 0.4) is 0 Å². The molecule has 0 aliphatic carbocycles. The normalized spacial score (nSPS) is 27.6. The first-order chi connectivity index (χ1) is 15.4. The van der Waals surface area contributed by atoms with E-state index >= 15 is 4.39 Å². The van der Waals surface area contributed by atoms with E-state index in [4.69, 9.17) is 11.0 Å². The number of amides is 1. The van der Waals surface area contributed by atoms with Crippen LogP contribution in [0.4, 0.5) is 10.1 Å². The molecule has 2 aliphatic rings. The predicted molar refractivity (Wildman–Crippen MR) is 125 cm³/mol. The molecule has 2 aromatic rings. The maximum absolute atomic E-state index is 15.1. The van der Waals surface area contributed by atoms with Gasteiger partial charge in [0.2, 0.25) is 0 Å². The number of carbonyl (C=O) groups is 1. The van der Waals surface area contributed by atoms with Gasteiger partial charge >= 0.3 is 0 Å². The molecule has 1 aromatic heterocycles. The van der Waals surface area contributed by atoms with Gasteiger partial charge in [0.15, 0.2) is 0 Å². The number of nitrogens with two attached hydrogens (primary N) is 1. The molecule has 1 amide bonds. The molecular weight excluding hydrogens is 443 g/mol. The molecule has 2 aliphatic heterocycles. The van der Waals surface area contributed by atoms with Crippen molar-refractivity contribution in [2.24, 2.45) is 15.1 Å². The fourth-order valence-electron chi connectivity index (χ4n) is 4.56. The van der Waals surface area contributed by atoms with Crippen LogP contribution in [0.25, 0.3) is 0 Å². The van der Waals surface area contributed by atoms with Crippen LogP contribution in [0.5, 0.6) is 0 Å². The van der Waals surface area contributed by atoms with Gasteiger partial charge in [-0.2, -0.15) is 5.26 Å². The fraction of sp³-hybridized carbons (Fsp3) is 0.391. The van der Waals surface area contributed by atoms with Crippen LogP contribution in [0.2, 0.25) is 0 Å². The first-order valence-corrected chi connectivity index (χ1v) is 12.1. The third-order valence-corrected chi connectivity index (χ3v) is 10.3. The zero-order chi connectivity index (χ0) is 24.2. The molecule has 4 rings (SSSR count). The number of nitriles is 1. The van der Waals surface area contributed by atoms with Gasteiger partial charge in [0.25, 0.3) is 5.91 Å². The van der Waals surface area contributed by atoms with Crippen LogP contribution in [0, 0.1) is 24.1 Å². The van der Waals surface area contributed by atoms with Gasteiger partial charge in [-0.05, 0) is 63.9 Å². The molecule has 0 saturated heterocycles. The summed E-state index contributed by atoms with van der Waals surface area (Å²) in [7, 11) is -2.81. The average Bonchev–Trinajstić information content (AvgIpc) is 3.18. The van der Waals surface area contributed by atoms with Gasteiger partial charge in [-0.1, -0.05) is 0 Å². The summed E-state index contributed by atoms with van der Waals surface area (Å²) in [5, 5.41) is 11.2. The first kappa shape index (κ1) is 22.9. The van der Waals surface area contributed by atoms with Crippen molar-refractivity contribution in [1.29, 1.82) is 5.26 Å². The van der Waals surface area contributed by atoms with Gasteiger partial charge in [-0.3, -0.25) is 9.79 Å². The Hall–Kier alpha value is -3.32. The molecule has 10 heteroatoms. The van der Waals surface area contributed by atoms with E-state index in [2.05, 4.69) is 19.7 Å². The zero-order valence-electron chi connectivity index (χ0n) is 18.8. The lowest BCUT2D eigenvalue weighted by atomic mass is 9.85. The number of hydrogen-bond acceptors (Lipinski definition) is 7. The molecule has 0 spiro atoms. The van der Waals surface area contributed by atoms with Crippen LogP contribution in [0.15, 0.2) is 39.8 Å². The van der Waals surface area contributed by atoms with E-state index in [0.717, 1.165) is 0 Å². The van der Waals surface area contributed by atoms with E-state index in [9.17, 15) is 9.00 Å². The minimum Gasteiger partial charge on any atom is -0.386 e. The Morgan fingerprint density at radius 2 is 2.06 bits per heavy atom. The lowest BCUT2D eigenvalue weighted by molar-refractivity contribution is 0.102. The lowest BCUT2D eigenvalue weighted by Crippen LogP contribution is -2.58. The Bertz CT molecular complexity index is 1370. The SMILES string of the molecule is Cc1cc(C#N)cnc1C(=O)Nc1ccc(F)c([C@@]2(C)N=C(N)C(C)(C)[S@]3(=O)=NCC[C@H]23)c1. The highest BCUT2D eigenvalue weighted by molar-refractivity contribution is 7.96. The zero-order valence-corrected chi connectivity index (χ0v) is 19.7. The Morgan fingerprint density at radius 3 is 2.73 bits per heavy atom. The molecule has 0 fully saturated rings. The van der Waals surface area contributed by atoms with Crippen LogP contribution < -0.4 is 11.1 Å². The molecule has 0 bridgehead atoms. The number of pyridine rings is 1. The Kier molecular flexibility index (Phi) is 5.28. The molecule has 0 radical (unpaired) electrons. The number of halogens is 1. The molecule has 8 nitrogen and oxygen atoms in total. The number of aliphatic imine (C=N–C) groups is 1. The second-order valence-corrected chi connectivity index (χ2v) is 12.0. The molecule has 3 heterocycles. The van der Waals surface area contributed by atoms with E-state index < -0.39 is 37.0 Å². The summed E-state index contributed by atoms with van der Waals surface area (Å²) in [5.74, 6) is -0.858. The highest BCUT2D eigenvalue weighted by Gasteiger charge is 2.56. The number of aryl methyl sites for hydroxylation is 1. The van der Waals surface area contributed by atoms with Gasteiger partial charge in [0.05, 0.1) is 20.5 Å². The number of nitrogens with zero attached hydrogens (tertiary/aromatic N) is 4. The Labute approximate surface area is 192 Å². The molecule has 172 valence electrons. The number of rotatable bonds is 3. The second kappa shape index (κ2) is 7.63. The Balaban J connectivity index is 1.75. The standard InChI is InChI=1S/C23H25FN6O2S/c1-13-9-14(11-25)12-27-19(13)20(31)29-15-5-6-17(24)16(10-15)23(4)18-7-8-28-33(18,32)22(2,3)21(26)30-23/h5-6,9-10,12,18H,7-8H2,1-4H3,(H2,26,30)(H,29,31)/t18-,23-,33+/m1/s1. The van der Waals surface area contributed by atoms with E-state index in [1.165, 1.54) is 24.4 Å². The lowest BCUT2D eigenvalue weighted by Gasteiger charge is -2.44. The van der Waals surface area contributed by atoms with Crippen molar-refractivity contribution >= 4 is 27.2 Å². The van der Waals surface area contributed by atoms with Crippen molar-refractivity contribution in [2.75, 3.05) is 11.9 Å². The van der Waals surface area contributed by atoms with Crippen molar-refractivity contribution in [3.05, 3.63) is 58.7 Å². The molecule has 1 aromatic carbocycles. The number of carbonyl (C=O) groups excluding carboxylic acids is 1. The number of anilines is 1. The van der Waals surface area contributed by atoms with Gasteiger partial charge in [-0.25, -0.2) is 17.9 Å². The van der Waals surface area contributed by atoms with Crippen molar-refractivity contribution in [1.82, 2.24) is 4.98 Å². The number of amidine groups is 1. The Morgan fingerprint density at radius 1 is 1.33 bits per heavy atom. The summed E-state index contributed by atoms with van der Waals surface area (Å²) in [6, 6.07) is 7.73. The maximum atomic E-state index is 15.1. The topological polar surface area (TPSA) is 134 Å². The summed E-state index contributed by atoms with van der Waals surface area (Å²) in [4.78, 5) is 21.5. The van der Waals surface area contributed by atoms with Crippen molar-refractivity contribution in [3.8, 4) is 6.07 Å². The number of nitrogens with one attached hydrogen (secondary N) is 1. The minimum absolute atomic E-state index is 0.158. The summed E-state index contributed by atoms with van der Waals surface area (Å²) < 4.78 is 32.5. The van der Waals surface area contributed by atoms with Gasteiger partial charge in [0.1, 0.15) is 33.7 Å². The van der Waals surface area contributed by atoms with Crippen LogP contribution in [0.1, 0.15) is 54.4 Å². The highest BCUT2D eigenvalue weighted by atomic mass is 32.2. The minimum atomic E-state index is -2.81. The van der Waals surface area contributed by atoms with E-state index in [0.29, 0.717) is 29.8 Å². The fourth-order valence-corrected chi connectivity index (χ4v) is 7.72. The highest BCUT2D eigenvalue weighted by Crippen LogP contribution is 2.48. The molecule has 0 unspecified atom stereocenters. The average molecular weight is 469 g/mol. The van der Waals surface area contributed by atoms with Gasteiger partial charge in [-0.15, -0.1) is 0 Å². The summed E-state index contributed by atoms with van der Waals surface area (Å²) in [5.41, 5.74) is 6.61. The smallest absolute Gasteiger partial charge is 0.274 e. The second-order valence-electron chi connectivity index (χ2n) is 9.00. The molecular formula is C23H25FN6O2S. The summed E-state index contributed by atoms with van der Waals surface area (Å²) in [6.45, 7) is 7.32. The number of fused-ring (bicyclic) bond motifs is 1. The van der Waals surface area contributed by atoms with Gasteiger partial charge < -0.3 is 11.1 Å². The summed E-state index contributed by atoms with van der Waals surface area (Å²) >= 11 is 0. The number of benzene rings is 1. The van der Waals surface area contributed by atoms with E-state index in [-0.39, 0.29) is 17.1 Å². The molecule has 3 N–H and O–H groups in total. The molecule has 0 saturated carbocycles. The van der Waals surface area contributed by atoms with Crippen LogP contribution in [-0.2, 0) is 15.3 Å². The number of hydrogen-bond donors (Lipinski definition) is 2. The first-order valence-electron chi connectivity index (χ1n) is 10.5.